The molecular weight excluding hydrogens is 259 g/mol. The van der Waals surface area contributed by atoms with Crippen LogP contribution < -0.4 is 10.1 Å². The first-order chi connectivity index (χ1) is 9.74. The Hall–Kier alpha value is -2.43. The summed E-state index contributed by atoms with van der Waals surface area (Å²) in [6.07, 6.45) is 2.33. The summed E-state index contributed by atoms with van der Waals surface area (Å²) in [6, 6.07) is 8.90. The van der Waals surface area contributed by atoms with Crippen LogP contribution in [0, 0.1) is 5.82 Å². The number of hydrogen-bond donors (Lipinski definition) is 1. The number of pyridine rings is 1. The molecule has 4 nitrogen and oxygen atoms in total. The minimum atomic E-state index is -0.361. The molecule has 102 valence electrons. The van der Waals surface area contributed by atoms with Crippen molar-refractivity contribution in [3.63, 3.8) is 0 Å². The highest BCUT2D eigenvalue weighted by molar-refractivity contribution is 5.94. The fraction of sp³-hybridized carbons (Fsp3) is 0.200. The number of amides is 1. The van der Waals surface area contributed by atoms with Gasteiger partial charge in [-0.2, -0.15) is 0 Å². The molecule has 1 N–H and O–H groups in total. The van der Waals surface area contributed by atoms with E-state index in [2.05, 4.69) is 10.3 Å². The normalized spacial score (nSPS) is 16.9. The quantitative estimate of drug-likeness (QED) is 0.913. The van der Waals surface area contributed by atoms with E-state index in [-0.39, 0.29) is 17.8 Å². The third-order valence-electron chi connectivity index (χ3n) is 3.21. The number of hydrogen-bond acceptors (Lipinski definition) is 3. The molecule has 2 heterocycles. The molecule has 20 heavy (non-hydrogen) atoms. The van der Waals surface area contributed by atoms with E-state index in [1.54, 1.807) is 12.3 Å². The van der Waals surface area contributed by atoms with Crippen LogP contribution in [-0.4, -0.2) is 17.5 Å². The largest absolute Gasteiger partial charge is 0.491 e. The summed E-state index contributed by atoms with van der Waals surface area (Å²) in [6.45, 7) is 0.535. The molecule has 1 aromatic carbocycles. The molecule has 1 atom stereocenters. The van der Waals surface area contributed by atoms with Crippen molar-refractivity contribution < 1.29 is 13.9 Å². The van der Waals surface area contributed by atoms with Gasteiger partial charge in [0, 0.05) is 18.2 Å². The number of nitrogens with zero attached hydrogens (tertiary/aromatic N) is 1. The van der Waals surface area contributed by atoms with E-state index in [9.17, 15) is 9.18 Å². The van der Waals surface area contributed by atoms with Gasteiger partial charge < -0.3 is 10.1 Å². The molecule has 0 radical (unpaired) electrons. The van der Waals surface area contributed by atoms with Gasteiger partial charge in [0.05, 0.1) is 12.6 Å². The van der Waals surface area contributed by atoms with Crippen LogP contribution in [0.2, 0.25) is 0 Å². The molecule has 1 unspecified atom stereocenters. The van der Waals surface area contributed by atoms with Crippen molar-refractivity contribution in [1.29, 1.82) is 0 Å². The Labute approximate surface area is 115 Å². The molecule has 0 bridgehead atoms. The fourth-order valence-electron chi connectivity index (χ4n) is 2.19. The number of ether oxygens (including phenoxy) is 1. The minimum absolute atomic E-state index is 0.183. The number of nitrogens with one attached hydrogen (secondary N) is 1. The van der Waals surface area contributed by atoms with Crippen molar-refractivity contribution in [2.24, 2.45) is 0 Å². The molecule has 2 aromatic rings. The Balaban J connectivity index is 1.79. The van der Waals surface area contributed by atoms with Gasteiger partial charge in [0.2, 0.25) is 0 Å². The molecule has 1 aromatic heterocycles. The lowest BCUT2D eigenvalue weighted by Gasteiger charge is -2.25. The summed E-state index contributed by atoms with van der Waals surface area (Å²) < 4.78 is 18.3. The summed E-state index contributed by atoms with van der Waals surface area (Å²) in [5.41, 5.74) is 1.16. The number of rotatable bonds is 2. The summed E-state index contributed by atoms with van der Waals surface area (Å²) in [5, 5.41) is 2.91. The zero-order valence-electron chi connectivity index (χ0n) is 10.7. The average Bonchev–Trinajstić information content (AvgIpc) is 2.48. The van der Waals surface area contributed by atoms with Crippen LogP contribution in [0.1, 0.15) is 28.5 Å². The molecule has 0 fully saturated rings. The first kappa shape index (κ1) is 12.6. The van der Waals surface area contributed by atoms with Gasteiger partial charge >= 0.3 is 0 Å². The van der Waals surface area contributed by atoms with Crippen LogP contribution >= 0.6 is 0 Å². The maximum atomic E-state index is 12.8. The summed E-state index contributed by atoms with van der Waals surface area (Å²) >= 11 is 0. The van der Waals surface area contributed by atoms with Crippen LogP contribution in [-0.2, 0) is 0 Å². The van der Waals surface area contributed by atoms with Crippen LogP contribution in [0.4, 0.5) is 4.39 Å². The van der Waals surface area contributed by atoms with Gasteiger partial charge in [0.25, 0.3) is 5.91 Å². The van der Waals surface area contributed by atoms with Gasteiger partial charge in [-0.3, -0.25) is 9.78 Å². The second-order valence-corrected chi connectivity index (χ2v) is 4.56. The van der Waals surface area contributed by atoms with Crippen LogP contribution in [0.15, 0.2) is 42.6 Å². The third-order valence-corrected chi connectivity index (χ3v) is 3.21. The number of carbonyl (C=O) groups excluding carboxylic acids is 1. The first-order valence-corrected chi connectivity index (χ1v) is 6.38. The van der Waals surface area contributed by atoms with E-state index in [4.69, 9.17) is 4.74 Å². The predicted octanol–water partition coefficient (Wildman–Crippen LogP) is 2.47. The van der Waals surface area contributed by atoms with Crippen LogP contribution in [0.3, 0.4) is 0 Å². The topological polar surface area (TPSA) is 51.2 Å². The summed E-state index contributed by atoms with van der Waals surface area (Å²) in [7, 11) is 0. The van der Waals surface area contributed by atoms with Crippen molar-refractivity contribution in [3.8, 4) is 5.75 Å². The zero-order chi connectivity index (χ0) is 13.9. The number of fused-ring (bicyclic) bond motifs is 1. The van der Waals surface area contributed by atoms with Crippen molar-refractivity contribution in [2.75, 3.05) is 6.61 Å². The van der Waals surface area contributed by atoms with E-state index in [1.807, 2.05) is 6.07 Å². The lowest BCUT2D eigenvalue weighted by Crippen LogP contribution is -2.32. The molecule has 1 aliphatic rings. The van der Waals surface area contributed by atoms with E-state index in [0.29, 0.717) is 24.3 Å². The third kappa shape index (κ3) is 2.47. The molecule has 1 amide bonds. The lowest BCUT2D eigenvalue weighted by atomic mass is 10.1. The van der Waals surface area contributed by atoms with E-state index in [0.717, 1.165) is 5.69 Å². The van der Waals surface area contributed by atoms with Crippen molar-refractivity contribution >= 4 is 5.91 Å². The standard InChI is InChI=1S/C15H13FN2O2/c16-11-5-3-10(4-6-11)15(19)18-12-7-9-20-13-2-1-8-17-14(12)13/h1-6,8,12H,7,9H2,(H,18,19). The molecule has 1 aliphatic heterocycles. The number of halogens is 1. The minimum Gasteiger partial charge on any atom is -0.491 e. The van der Waals surface area contributed by atoms with E-state index < -0.39 is 0 Å². The number of aromatic nitrogens is 1. The van der Waals surface area contributed by atoms with Gasteiger partial charge in [-0.05, 0) is 36.4 Å². The van der Waals surface area contributed by atoms with Crippen molar-refractivity contribution in [3.05, 3.63) is 59.7 Å². The average molecular weight is 272 g/mol. The SMILES string of the molecule is O=C(NC1CCOc2cccnc21)c1ccc(F)cc1. The second-order valence-electron chi connectivity index (χ2n) is 4.56. The first-order valence-electron chi connectivity index (χ1n) is 6.38. The maximum Gasteiger partial charge on any atom is 0.251 e. The van der Waals surface area contributed by atoms with Crippen molar-refractivity contribution in [1.82, 2.24) is 10.3 Å². The van der Waals surface area contributed by atoms with E-state index in [1.165, 1.54) is 24.3 Å². The van der Waals surface area contributed by atoms with Gasteiger partial charge in [-0.1, -0.05) is 0 Å². The monoisotopic (exact) mass is 272 g/mol. The molecule has 0 spiro atoms. The van der Waals surface area contributed by atoms with Crippen LogP contribution in [0.5, 0.6) is 5.75 Å². The molecule has 0 aliphatic carbocycles. The van der Waals surface area contributed by atoms with Gasteiger partial charge in [0.15, 0.2) is 0 Å². The molecular formula is C15H13FN2O2. The Bertz CT molecular complexity index is 628. The molecule has 5 heteroatoms. The predicted molar refractivity (Wildman–Crippen MR) is 71.0 cm³/mol. The summed E-state index contributed by atoms with van der Waals surface area (Å²) in [5.74, 6) is 0.0938. The maximum absolute atomic E-state index is 12.8. The zero-order valence-corrected chi connectivity index (χ0v) is 10.7. The van der Waals surface area contributed by atoms with Gasteiger partial charge in [-0.25, -0.2) is 4.39 Å². The Morgan fingerprint density at radius 3 is 2.90 bits per heavy atom. The van der Waals surface area contributed by atoms with Gasteiger partial charge in [0.1, 0.15) is 17.3 Å². The highest BCUT2D eigenvalue weighted by Gasteiger charge is 2.24. The molecule has 0 saturated carbocycles. The number of benzene rings is 1. The van der Waals surface area contributed by atoms with E-state index >= 15 is 0 Å². The van der Waals surface area contributed by atoms with Gasteiger partial charge in [-0.15, -0.1) is 0 Å². The molecule has 0 saturated heterocycles. The number of carbonyl (C=O) groups is 1. The smallest absolute Gasteiger partial charge is 0.251 e. The molecule has 3 rings (SSSR count). The highest BCUT2D eigenvalue weighted by atomic mass is 19.1. The van der Waals surface area contributed by atoms with Crippen molar-refractivity contribution in [2.45, 2.75) is 12.5 Å². The Morgan fingerprint density at radius 2 is 2.10 bits per heavy atom. The van der Waals surface area contributed by atoms with Crippen LogP contribution in [0.25, 0.3) is 0 Å². The second kappa shape index (κ2) is 5.28. The summed E-state index contributed by atoms with van der Waals surface area (Å²) in [4.78, 5) is 16.4. The Kier molecular flexibility index (Phi) is 3.33. The lowest BCUT2D eigenvalue weighted by molar-refractivity contribution is 0.0923. The highest BCUT2D eigenvalue weighted by Crippen LogP contribution is 2.29. The fourth-order valence-corrected chi connectivity index (χ4v) is 2.19. The Morgan fingerprint density at radius 1 is 1.30 bits per heavy atom.